The van der Waals surface area contributed by atoms with Gasteiger partial charge in [0, 0.05) is 19.0 Å². The van der Waals surface area contributed by atoms with E-state index in [0.29, 0.717) is 17.7 Å². The summed E-state index contributed by atoms with van der Waals surface area (Å²) in [7, 11) is -2.47. The second-order valence-corrected chi connectivity index (χ2v) is 8.06. The second kappa shape index (κ2) is 6.91. The molecule has 0 spiro atoms. The van der Waals surface area contributed by atoms with E-state index in [4.69, 9.17) is 0 Å². The highest BCUT2D eigenvalue weighted by molar-refractivity contribution is 7.91. The van der Waals surface area contributed by atoms with E-state index in [1.807, 2.05) is 0 Å². The summed E-state index contributed by atoms with van der Waals surface area (Å²) in [5.41, 5.74) is -0.00651. The Hall–Kier alpha value is -1.91. The summed E-state index contributed by atoms with van der Waals surface area (Å²) in [6.45, 7) is -0.0746. The fourth-order valence-electron chi connectivity index (χ4n) is 1.89. The number of nitrogens with one attached hydrogen (secondary N) is 1. The van der Waals surface area contributed by atoms with Crippen LogP contribution < -0.4 is 5.32 Å². The third-order valence-electron chi connectivity index (χ3n) is 3.15. The van der Waals surface area contributed by atoms with Gasteiger partial charge in [0.05, 0.1) is 11.3 Å². The van der Waals surface area contributed by atoms with Crippen molar-refractivity contribution in [2.75, 3.05) is 12.4 Å². The third kappa shape index (κ3) is 4.13. The average molecular weight is 378 g/mol. The van der Waals surface area contributed by atoms with Crippen molar-refractivity contribution in [3.8, 4) is 0 Å². The molecular weight excluding hydrogens is 365 g/mol. The fraction of sp³-hybridized carbons (Fsp3) is 0.214. The van der Waals surface area contributed by atoms with Crippen molar-refractivity contribution in [3.63, 3.8) is 0 Å². The highest BCUT2D eigenvalue weighted by Crippen LogP contribution is 2.30. The van der Waals surface area contributed by atoms with Gasteiger partial charge in [0.1, 0.15) is 4.21 Å². The molecule has 1 aromatic carbocycles. The average Bonchev–Trinajstić information content (AvgIpc) is 2.96. The Morgan fingerprint density at radius 1 is 1.25 bits per heavy atom. The number of amides is 1. The maximum Gasteiger partial charge on any atom is 0.416 e. The van der Waals surface area contributed by atoms with Crippen LogP contribution >= 0.6 is 11.3 Å². The molecule has 0 aliphatic rings. The molecule has 1 N–H and O–H groups in total. The molecule has 1 amide bonds. The van der Waals surface area contributed by atoms with Crippen molar-refractivity contribution in [3.05, 3.63) is 46.8 Å². The van der Waals surface area contributed by atoms with E-state index in [-0.39, 0.29) is 10.8 Å². The van der Waals surface area contributed by atoms with E-state index in [9.17, 15) is 26.4 Å². The Bertz CT molecular complexity index is 815. The van der Waals surface area contributed by atoms with Gasteiger partial charge in [-0.1, -0.05) is 12.1 Å². The molecule has 0 bridgehead atoms. The Kier molecular flexibility index (Phi) is 5.31. The standard InChI is InChI=1S/C14H13F3N2O3S2/c1-19(7-10-2-4-11(5-3-10)14(15,16)17)24(21,22)13-6-12(8-23-13)18-9-20/h2-6,8-9H,7H2,1H3,(H,18,20). The Morgan fingerprint density at radius 2 is 1.88 bits per heavy atom. The number of halogens is 3. The van der Waals surface area contributed by atoms with Gasteiger partial charge in [0.15, 0.2) is 0 Å². The van der Waals surface area contributed by atoms with Crippen LogP contribution in [0, 0.1) is 0 Å². The topological polar surface area (TPSA) is 66.5 Å². The van der Waals surface area contributed by atoms with Gasteiger partial charge < -0.3 is 5.32 Å². The minimum absolute atomic E-state index is 0.0289. The van der Waals surface area contributed by atoms with E-state index in [1.165, 1.54) is 30.6 Å². The second-order valence-electron chi connectivity index (χ2n) is 4.87. The van der Waals surface area contributed by atoms with Crippen LogP contribution in [0.2, 0.25) is 0 Å². The Morgan fingerprint density at radius 3 is 2.42 bits per heavy atom. The summed E-state index contributed by atoms with van der Waals surface area (Å²) >= 11 is 0.941. The number of hydrogen-bond donors (Lipinski definition) is 1. The first-order valence-electron chi connectivity index (χ1n) is 6.56. The van der Waals surface area contributed by atoms with E-state index in [2.05, 4.69) is 5.32 Å². The molecule has 0 saturated heterocycles. The molecule has 0 saturated carbocycles. The SMILES string of the molecule is CN(Cc1ccc(C(F)(F)F)cc1)S(=O)(=O)c1cc(NC=O)cs1. The molecular formula is C14H13F3N2O3S2. The number of anilines is 1. The molecule has 130 valence electrons. The Labute approximate surface area is 140 Å². The van der Waals surface area contributed by atoms with Crippen LogP contribution in [0.25, 0.3) is 0 Å². The number of carbonyl (C=O) groups is 1. The molecule has 0 fully saturated rings. The van der Waals surface area contributed by atoms with Gasteiger partial charge in [-0.15, -0.1) is 11.3 Å². The molecule has 2 rings (SSSR count). The number of nitrogens with zero attached hydrogens (tertiary/aromatic N) is 1. The van der Waals surface area contributed by atoms with Crippen LogP contribution in [-0.4, -0.2) is 26.2 Å². The lowest BCUT2D eigenvalue weighted by atomic mass is 10.1. The number of carbonyl (C=O) groups excluding carboxylic acids is 1. The lowest BCUT2D eigenvalue weighted by Gasteiger charge is -2.16. The zero-order chi connectivity index (χ0) is 18.0. The van der Waals surface area contributed by atoms with Crippen molar-refractivity contribution < 1.29 is 26.4 Å². The van der Waals surface area contributed by atoms with E-state index < -0.39 is 21.8 Å². The number of rotatable bonds is 6. The molecule has 0 atom stereocenters. The molecule has 2 aromatic rings. The van der Waals surface area contributed by atoms with E-state index >= 15 is 0 Å². The minimum atomic E-state index is -4.44. The maximum absolute atomic E-state index is 12.5. The van der Waals surface area contributed by atoms with Gasteiger partial charge in [-0.2, -0.15) is 17.5 Å². The third-order valence-corrected chi connectivity index (χ3v) is 6.37. The van der Waals surface area contributed by atoms with Crippen molar-refractivity contribution in [2.24, 2.45) is 0 Å². The first kappa shape index (κ1) is 18.4. The summed E-state index contributed by atoms with van der Waals surface area (Å²) in [5.74, 6) is 0. The van der Waals surface area contributed by atoms with Gasteiger partial charge >= 0.3 is 6.18 Å². The summed E-state index contributed by atoms with van der Waals surface area (Å²) in [5, 5.41) is 3.83. The van der Waals surface area contributed by atoms with Gasteiger partial charge in [0.25, 0.3) is 10.0 Å². The number of benzene rings is 1. The molecule has 0 radical (unpaired) electrons. The monoisotopic (exact) mass is 378 g/mol. The first-order valence-corrected chi connectivity index (χ1v) is 8.88. The minimum Gasteiger partial charge on any atom is -0.328 e. The number of hydrogen-bond acceptors (Lipinski definition) is 4. The normalized spacial score (nSPS) is 12.4. The molecule has 1 aromatic heterocycles. The van der Waals surface area contributed by atoms with Crippen molar-refractivity contribution >= 4 is 33.5 Å². The van der Waals surface area contributed by atoms with Crippen LogP contribution in [-0.2, 0) is 27.5 Å². The highest BCUT2D eigenvalue weighted by Gasteiger charge is 2.30. The van der Waals surface area contributed by atoms with E-state index in [1.54, 1.807) is 0 Å². The molecule has 0 aliphatic carbocycles. The van der Waals surface area contributed by atoms with Crippen LogP contribution in [0.4, 0.5) is 18.9 Å². The van der Waals surface area contributed by atoms with Gasteiger partial charge in [0.2, 0.25) is 6.41 Å². The van der Waals surface area contributed by atoms with Crippen molar-refractivity contribution in [1.29, 1.82) is 0 Å². The fourth-order valence-corrected chi connectivity index (χ4v) is 4.38. The zero-order valence-electron chi connectivity index (χ0n) is 12.4. The molecule has 0 aliphatic heterocycles. The molecule has 24 heavy (non-hydrogen) atoms. The summed E-state index contributed by atoms with van der Waals surface area (Å²) in [4.78, 5) is 10.4. The number of alkyl halides is 3. The quantitative estimate of drug-likeness (QED) is 0.786. The number of sulfonamides is 1. The summed E-state index contributed by atoms with van der Waals surface area (Å²) < 4.78 is 63.5. The lowest BCUT2D eigenvalue weighted by Crippen LogP contribution is -2.25. The zero-order valence-corrected chi connectivity index (χ0v) is 14.0. The lowest BCUT2D eigenvalue weighted by molar-refractivity contribution is -0.137. The molecule has 1 heterocycles. The van der Waals surface area contributed by atoms with Crippen LogP contribution in [0.1, 0.15) is 11.1 Å². The largest absolute Gasteiger partial charge is 0.416 e. The van der Waals surface area contributed by atoms with Gasteiger partial charge in [-0.3, -0.25) is 4.79 Å². The van der Waals surface area contributed by atoms with Crippen molar-refractivity contribution in [1.82, 2.24) is 4.31 Å². The Balaban J connectivity index is 2.15. The number of thiophene rings is 1. The summed E-state index contributed by atoms with van der Waals surface area (Å²) in [6.07, 6.45) is -4.00. The van der Waals surface area contributed by atoms with Crippen molar-refractivity contribution in [2.45, 2.75) is 16.9 Å². The van der Waals surface area contributed by atoms with Crippen LogP contribution in [0.5, 0.6) is 0 Å². The maximum atomic E-state index is 12.5. The summed E-state index contributed by atoms with van der Waals surface area (Å²) in [6, 6.07) is 5.61. The van der Waals surface area contributed by atoms with Crippen LogP contribution in [0.3, 0.4) is 0 Å². The van der Waals surface area contributed by atoms with E-state index in [0.717, 1.165) is 27.8 Å². The smallest absolute Gasteiger partial charge is 0.328 e. The highest BCUT2D eigenvalue weighted by atomic mass is 32.2. The molecule has 5 nitrogen and oxygen atoms in total. The van der Waals surface area contributed by atoms with Gasteiger partial charge in [-0.25, -0.2) is 8.42 Å². The molecule has 10 heteroatoms. The predicted molar refractivity (Wildman–Crippen MR) is 84.1 cm³/mol. The van der Waals surface area contributed by atoms with Crippen LogP contribution in [0.15, 0.2) is 39.9 Å². The molecule has 0 unspecified atom stereocenters. The predicted octanol–water partition coefficient (Wildman–Crippen LogP) is 3.16. The van der Waals surface area contributed by atoms with Gasteiger partial charge in [-0.05, 0) is 23.8 Å². The first-order chi connectivity index (χ1) is 11.1.